The fraction of sp³-hybridized carbons (Fsp3) is 0.582. The van der Waals surface area contributed by atoms with Gasteiger partial charge in [0, 0.05) is 19.6 Å². The van der Waals surface area contributed by atoms with Crippen LogP contribution in [-0.2, 0) is 27.9 Å². The van der Waals surface area contributed by atoms with Gasteiger partial charge in [-0.25, -0.2) is 4.57 Å². The van der Waals surface area contributed by atoms with E-state index in [-0.39, 0.29) is 38.8 Å². The number of phosphoric ester groups is 1. The van der Waals surface area contributed by atoms with E-state index in [1.807, 2.05) is 0 Å². The fourth-order valence-electron chi connectivity index (χ4n) is 6.03. The summed E-state index contributed by atoms with van der Waals surface area (Å²) in [7, 11) is -4.31. The molecule has 2 unspecified atom stereocenters. The van der Waals surface area contributed by atoms with Crippen LogP contribution in [0.1, 0.15) is 168 Å². The molecule has 0 aromatic carbocycles. The number of phosphoric acid groups is 1. The highest BCUT2D eigenvalue weighted by atomic mass is 31.2. The fourth-order valence-corrected chi connectivity index (χ4v) is 6.79. The molecule has 0 fully saturated rings. The van der Waals surface area contributed by atoms with Crippen LogP contribution < -0.4 is 5.73 Å². The molecule has 0 spiro atoms. The third-order valence-electron chi connectivity index (χ3n) is 9.56. The maximum Gasteiger partial charge on any atom is 0.472 e. The van der Waals surface area contributed by atoms with Crippen LogP contribution in [-0.4, -0.2) is 49.9 Å². The van der Waals surface area contributed by atoms with Gasteiger partial charge in [-0.05, 0) is 109 Å². The average Bonchev–Trinajstić information content (AvgIpc) is 3.29. The second-order valence-electron chi connectivity index (χ2n) is 15.6. The van der Waals surface area contributed by atoms with Gasteiger partial charge in [0.2, 0.25) is 0 Å². The van der Waals surface area contributed by atoms with Crippen LogP contribution in [0, 0.1) is 0 Å². The van der Waals surface area contributed by atoms with Gasteiger partial charge in [0.1, 0.15) is 6.10 Å². The number of carbonyl (C=O) groups is 1. The van der Waals surface area contributed by atoms with Gasteiger partial charge in [-0.2, -0.15) is 0 Å². The molecule has 0 aliphatic heterocycles. The quantitative estimate of drug-likeness (QED) is 0.0268. The van der Waals surface area contributed by atoms with Crippen molar-refractivity contribution in [1.29, 1.82) is 0 Å². The van der Waals surface area contributed by atoms with Gasteiger partial charge in [0.05, 0.1) is 19.8 Å². The minimum Gasteiger partial charge on any atom is -0.457 e. The van der Waals surface area contributed by atoms with Gasteiger partial charge in [0.25, 0.3) is 0 Å². The van der Waals surface area contributed by atoms with Gasteiger partial charge < -0.3 is 20.1 Å². The lowest BCUT2D eigenvalue weighted by atomic mass is 10.1. The Balaban J connectivity index is 4.12. The van der Waals surface area contributed by atoms with Crippen molar-refractivity contribution in [3.63, 3.8) is 0 Å². The summed E-state index contributed by atoms with van der Waals surface area (Å²) in [4.78, 5) is 22.6. The highest BCUT2D eigenvalue weighted by molar-refractivity contribution is 7.47. The topological polar surface area (TPSA) is 117 Å². The average molecular weight is 908 g/mol. The first-order chi connectivity index (χ1) is 31.4. The largest absolute Gasteiger partial charge is 0.472 e. The van der Waals surface area contributed by atoms with Crippen LogP contribution in [0.15, 0.2) is 134 Å². The molecule has 3 N–H and O–H groups in total. The molecule has 0 aromatic rings. The van der Waals surface area contributed by atoms with Crippen LogP contribution in [0.5, 0.6) is 0 Å². The minimum absolute atomic E-state index is 0.0845. The third kappa shape index (κ3) is 49.7. The number of allylic oxidation sites excluding steroid dienone is 22. The van der Waals surface area contributed by atoms with Crippen molar-refractivity contribution in [2.45, 2.75) is 174 Å². The predicted molar refractivity (Wildman–Crippen MR) is 274 cm³/mol. The molecule has 0 rings (SSSR count). The van der Waals surface area contributed by atoms with Crippen molar-refractivity contribution in [2.24, 2.45) is 5.73 Å². The van der Waals surface area contributed by atoms with E-state index in [2.05, 4.69) is 148 Å². The van der Waals surface area contributed by atoms with Gasteiger partial charge in [-0.1, -0.05) is 186 Å². The van der Waals surface area contributed by atoms with Crippen molar-refractivity contribution >= 4 is 13.8 Å². The van der Waals surface area contributed by atoms with E-state index >= 15 is 0 Å². The van der Waals surface area contributed by atoms with Crippen LogP contribution in [0.3, 0.4) is 0 Å². The maximum atomic E-state index is 12.6. The van der Waals surface area contributed by atoms with Gasteiger partial charge in [0.15, 0.2) is 0 Å². The summed E-state index contributed by atoms with van der Waals surface area (Å²) in [6.45, 7) is 4.58. The first-order valence-electron chi connectivity index (χ1n) is 24.7. The summed E-state index contributed by atoms with van der Waals surface area (Å²) in [6, 6.07) is 0. The summed E-state index contributed by atoms with van der Waals surface area (Å²) in [6.07, 6.45) is 71.9. The Bertz CT molecular complexity index is 1440. The number of unbranched alkanes of at least 4 members (excludes halogenated alkanes) is 10. The van der Waals surface area contributed by atoms with Crippen LogP contribution >= 0.6 is 7.82 Å². The Labute approximate surface area is 391 Å². The predicted octanol–water partition coefficient (Wildman–Crippen LogP) is 15.5. The van der Waals surface area contributed by atoms with Crippen molar-refractivity contribution in [3.8, 4) is 0 Å². The van der Waals surface area contributed by atoms with Crippen LogP contribution in [0.25, 0.3) is 0 Å². The number of rotatable bonds is 45. The lowest BCUT2D eigenvalue weighted by Gasteiger charge is -2.20. The molecule has 0 saturated carbocycles. The van der Waals surface area contributed by atoms with Crippen molar-refractivity contribution in [2.75, 3.05) is 33.0 Å². The Kier molecular flexibility index (Phi) is 48.0. The summed E-state index contributed by atoms with van der Waals surface area (Å²) in [5.74, 6) is -0.366. The molecule has 0 aliphatic carbocycles. The number of carbonyl (C=O) groups excluding carboxylic acids is 1. The molecule has 0 heterocycles. The highest BCUT2D eigenvalue weighted by Crippen LogP contribution is 2.43. The highest BCUT2D eigenvalue weighted by Gasteiger charge is 2.25. The first-order valence-corrected chi connectivity index (χ1v) is 26.2. The summed E-state index contributed by atoms with van der Waals surface area (Å²) >= 11 is 0. The Morgan fingerprint density at radius 1 is 0.469 bits per heavy atom. The molecule has 9 heteroatoms. The zero-order valence-electron chi connectivity index (χ0n) is 40.2. The van der Waals surface area contributed by atoms with E-state index in [4.69, 9.17) is 24.3 Å². The van der Waals surface area contributed by atoms with Crippen molar-refractivity contribution < 1.29 is 32.8 Å². The Morgan fingerprint density at radius 2 is 0.828 bits per heavy atom. The van der Waals surface area contributed by atoms with Crippen LogP contribution in [0.4, 0.5) is 0 Å². The van der Waals surface area contributed by atoms with Gasteiger partial charge in [-0.3, -0.25) is 13.8 Å². The van der Waals surface area contributed by atoms with Crippen LogP contribution in [0.2, 0.25) is 0 Å². The molecular formula is C55H90NO7P. The van der Waals surface area contributed by atoms with Gasteiger partial charge in [-0.15, -0.1) is 0 Å². The lowest BCUT2D eigenvalue weighted by molar-refractivity contribution is -0.154. The first kappa shape index (κ1) is 60.6. The molecule has 0 saturated heterocycles. The van der Waals surface area contributed by atoms with Crippen molar-refractivity contribution in [3.05, 3.63) is 134 Å². The van der Waals surface area contributed by atoms with E-state index in [1.165, 1.54) is 19.3 Å². The summed E-state index contributed by atoms with van der Waals surface area (Å²) < 4.78 is 33.5. The minimum atomic E-state index is -4.31. The molecule has 0 amide bonds. The number of nitrogens with two attached hydrogens (primary N) is 1. The van der Waals surface area contributed by atoms with E-state index < -0.39 is 13.9 Å². The Hall–Kier alpha value is -3.36. The zero-order valence-corrected chi connectivity index (χ0v) is 41.1. The molecular weight excluding hydrogens is 818 g/mol. The lowest BCUT2D eigenvalue weighted by Crippen LogP contribution is -2.28. The van der Waals surface area contributed by atoms with E-state index in [9.17, 15) is 14.3 Å². The molecule has 0 radical (unpaired) electrons. The smallest absolute Gasteiger partial charge is 0.457 e. The maximum absolute atomic E-state index is 12.6. The molecule has 0 bridgehead atoms. The van der Waals surface area contributed by atoms with Gasteiger partial charge >= 0.3 is 13.8 Å². The molecule has 362 valence electrons. The number of hydrogen-bond donors (Lipinski definition) is 2. The molecule has 64 heavy (non-hydrogen) atoms. The van der Waals surface area contributed by atoms with E-state index in [1.54, 1.807) is 0 Å². The standard InChI is InChI=1S/C55H90NO7P/c1-3-5-7-9-11-13-15-17-19-21-23-25-27-28-30-32-34-36-38-40-42-44-46-48-55(57)63-54(53-62-64(58,59)61-51-49-56)52-60-50-47-45-43-41-39-37-35-33-31-29-26-24-22-20-18-16-14-12-10-8-6-4-2/h5-8,11-14,17-20,23-26,28,30-31,33-34,36,54H,3-4,9-10,15-16,21-22,27,29,32,35,37-53,56H2,1-2H3,(H,58,59)/b7-5-,8-6-,13-11-,14-12-,19-17-,20-18-,25-23-,26-24-,30-28-,33-31-,36-34-. The molecule has 8 nitrogen and oxygen atoms in total. The molecule has 2 atom stereocenters. The number of esters is 1. The van der Waals surface area contributed by atoms with Crippen molar-refractivity contribution in [1.82, 2.24) is 0 Å². The summed E-state index contributed by atoms with van der Waals surface area (Å²) in [5, 5.41) is 0. The second kappa shape index (κ2) is 50.6. The van der Waals surface area contributed by atoms with E-state index in [0.717, 1.165) is 128 Å². The monoisotopic (exact) mass is 908 g/mol. The Morgan fingerprint density at radius 3 is 1.23 bits per heavy atom. The normalized spacial score (nSPS) is 14.5. The molecule has 0 aromatic heterocycles. The van der Waals surface area contributed by atoms with E-state index in [0.29, 0.717) is 6.61 Å². The SMILES string of the molecule is CC/C=C\C/C=C\C/C=C\C/C=C\C/C=C\C/C=C\CCCCCCC(=O)OC(COCCCCCCCC/C=C\C/C=C\C/C=C\C/C=C\C/C=C\CC)COP(=O)(O)OCCN. The number of ether oxygens (including phenoxy) is 2. The number of hydrogen-bond acceptors (Lipinski definition) is 7. The third-order valence-corrected chi connectivity index (χ3v) is 10.5. The summed E-state index contributed by atoms with van der Waals surface area (Å²) in [5.41, 5.74) is 5.38. The molecule has 0 aliphatic rings. The zero-order chi connectivity index (χ0) is 46.5. The second-order valence-corrected chi connectivity index (χ2v) is 17.0.